The Bertz CT molecular complexity index is 697. The Morgan fingerprint density at radius 3 is 2.80 bits per heavy atom. The summed E-state index contributed by atoms with van der Waals surface area (Å²) >= 11 is 0. The average Bonchev–Trinajstić information content (AvgIpc) is 3.07. The number of carbonyl (C=O) groups excluding carboxylic acids is 1. The van der Waals surface area contributed by atoms with Crippen LogP contribution in [0.3, 0.4) is 0 Å². The van der Waals surface area contributed by atoms with Crippen molar-refractivity contribution in [1.29, 1.82) is 0 Å². The minimum atomic E-state index is -0.264. The Hall–Kier alpha value is -2.21. The van der Waals surface area contributed by atoms with Crippen molar-refractivity contribution in [3.05, 3.63) is 47.5 Å². The van der Waals surface area contributed by atoms with Gasteiger partial charge in [0.25, 0.3) is 0 Å². The third kappa shape index (κ3) is 4.45. The molecule has 134 valence electrons. The number of nitrogens with zero attached hydrogens (tertiary/aromatic N) is 3. The van der Waals surface area contributed by atoms with Crippen LogP contribution >= 0.6 is 0 Å². The molecule has 0 bridgehead atoms. The highest BCUT2D eigenvalue weighted by Gasteiger charge is 2.18. The van der Waals surface area contributed by atoms with Crippen LogP contribution in [0.15, 0.2) is 30.3 Å². The molecule has 0 spiro atoms. The number of fused-ring (bicyclic) bond motifs is 1. The van der Waals surface area contributed by atoms with Gasteiger partial charge in [0.05, 0.1) is 12.6 Å². The van der Waals surface area contributed by atoms with E-state index in [0.717, 1.165) is 24.6 Å². The van der Waals surface area contributed by atoms with Crippen LogP contribution in [0.4, 0.5) is 0 Å². The van der Waals surface area contributed by atoms with Gasteiger partial charge >= 0.3 is 0 Å². The van der Waals surface area contributed by atoms with Gasteiger partial charge in [-0.25, -0.2) is 0 Å². The van der Waals surface area contributed by atoms with Gasteiger partial charge in [-0.1, -0.05) is 37.3 Å². The number of carbonyl (C=O) groups is 1. The predicted octanol–water partition coefficient (Wildman–Crippen LogP) is 2.01. The zero-order chi connectivity index (χ0) is 17.6. The maximum atomic E-state index is 12.3. The van der Waals surface area contributed by atoms with E-state index in [4.69, 9.17) is 0 Å². The molecule has 6 nitrogen and oxygen atoms in total. The molecule has 2 unspecified atom stereocenters. The first-order chi connectivity index (χ1) is 12.1. The summed E-state index contributed by atoms with van der Waals surface area (Å²) in [5, 5.41) is 14.8. The first-order valence-corrected chi connectivity index (χ1v) is 9.12. The van der Waals surface area contributed by atoms with Crippen molar-refractivity contribution >= 4 is 5.91 Å². The Morgan fingerprint density at radius 1 is 1.20 bits per heavy atom. The molecular formula is C19H27N5O. The van der Waals surface area contributed by atoms with Gasteiger partial charge in [0.1, 0.15) is 11.6 Å². The summed E-state index contributed by atoms with van der Waals surface area (Å²) in [6.45, 7) is 6.19. The fourth-order valence-electron chi connectivity index (χ4n) is 3.14. The van der Waals surface area contributed by atoms with Crippen LogP contribution in [0.2, 0.25) is 0 Å². The molecule has 2 aromatic rings. The van der Waals surface area contributed by atoms with Crippen LogP contribution in [0, 0.1) is 0 Å². The minimum Gasteiger partial charge on any atom is -0.354 e. The zero-order valence-electron chi connectivity index (χ0n) is 15.0. The van der Waals surface area contributed by atoms with Crippen molar-refractivity contribution in [3.8, 4) is 0 Å². The van der Waals surface area contributed by atoms with Crippen LogP contribution in [-0.4, -0.2) is 33.3 Å². The minimum absolute atomic E-state index is 0.0150. The summed E-state index contributed by atoms with van der Waals surface area (Å²) in [7, 11) is 0. The third-order valence-corrected chi connectivity index (χ3v) is 4.85. The van der Waals surface area contributed by atoms with Gasteiger partial charge in [0.15, 0.2) is 0 Å². The molecule has 2 atom stereocenters. The van der Waals surface area contributed by atoms with E-state index < -0.39 is 0 Å². The quantitative estimate of drug-likeness (QED) is 0.808. The Kier molecular flexibility index (Phi) is 5.81. The lowest BCUT2D eigenvalue weighted by molar-refractivity contribution is -0.122. The monoisotopic (exact) mass is 341 g/mol. The van der Waals surface area contributed by atoms with E-state index in [1.54, 1.807) is 0 Å². The highest BCUT2D eigenvalue weighted by atomic mass is 16.2. The molecule has 1 aliphatic heterocycles. The van der Waals surface area contributed by atoms with Gasteiger partial charge in [0.2, 0.25) is 5.91 Å². The summed E-state index contributed by atoms with van der Waals surface area (Å²) in [5.41, 5.74) is 1.23. The van der Waals surface area contributed by atoms with Crippen molar-refractivity contribution < 1.29 is 4.79 Å². The summed E-state index contributed by atoms with van der Waals surface area (Å²) in [4.78, 5) is 12.3. The van der Waals surface area contributed by atoms with Gasteiger partial charge in [-0.15, -0.1) is 10.2 Å². The number of benzene rings is 1. The number of hydrogen-bond acceptors (Lipinski definition) is 4. The van der Waals surface area contributed by atoms with E-state index in [9.17, 15) is 4.79 Å². The van der Waals surface area contributed by atoms with E-state index in [1.807, 2.05) is 25.1 Å². The van der Waals surface area contributed by atoms with Gasteiger partial charge < -0.3 is 9.88 Å². The molecule has 3 rings (SSSR count). The maximum absolute atomic E-state index is 12.3. The van der Waals surface area contributed by atoms with Crippen molar-refractivity contribution in [2.45, 2.75) is 58.2 Å². The topological polar surface area (TPSA) is 71.8 Å². The number of hydrogen-bond donors (Lipinski definition) is 2. The van der Waals surface area contributed by atoms with Crippen molar-refractivity contribution in [3.63, 3.8) is 0 Å². The molecule has 0 aliphatic carbocycles. The molecule has 1 aromatic heterocycles. The normalized spacial score (nSPS) is 16.1. The number of rotatable bonds is 7. The summed E-state index contributed by atoms with van der Waals surface area (Å²) < 4.78 is 2.18. The Morgan fingerprint density at radius 2 is 2.00 bits per heavy atom. The molecular weight excluding hydrogens is 314 g/mol. The van der Waals surface area contributed by atoms with E-state index in [-0.39, 0.29) is 11.9 Å². The lowest BCUT2D eigenvalue weighted by Gasteiger charge is -2.18. The van der Waals surface area contributed by atoms with E-state index >= 15 is 0 Å². The van der Waals surface area contributed by atoms with Crippen LogP contribution in [0.1, 0.15) is 49.8 Å². The molecule has 2 N–H and O–H groups in total. The Labute approximate surface area is 149 Å². The largest absolute Gasteiger partial charge is 0.354 e. The second kappa shape index (κ2) is 8.25. The first kappa shape index (κ1) is 17.6. The highest BCUT2D eigenvalue weighted by Crippen LogP contribution is 2.14. The van der Waals surface area contributed by atoms with E-state index in [1.165, 1.54) is 18.4 Å². The number of aryl methyl sites for hydroxylation is 1. The summed E-state index contributed by atoms with van der Waals surface area (Å²) in [6, 6.07) is 9.97. The highest BCUT2D eigenvalue weighted by molar-refractivity contribution is 5.81. The molecule has 6 heteroatoms. The first-order valence-electron chi connectivity index (χ1n) is 9.12. The van der Waals surface area contributed by atoms with Crippen LogP contribution in [0.25, 0.3) is 0 Å². The molecule has 1 aromatic carbocycles. The smallest absolute Gasteiger partial charge is 0.236 e. The summed E-state index contributed by atoms with van der Waals surface area (Å²) in [6.07, 6.45) is 3.36. The SMILES string of the molecule is CC(NCc1nnc2n1CCCC2)C(=O)NCC(C)c1ccccc1. The zero-order valence-corrected chi connectivity index (χ0v) is 15.0. The lowest BCUT2D eigenvalue weighted by atomic mass is 10.0. The molecule has 25 heavy (non-hydrogen) atoms. The van der Waals surface area contributed by atoms with Crippen LogP contribution in [0.5, 0.6) is 0 Å². The Balaban J connectivity index is 1.46. The maximum Gasteiger partial charge on any atom is 0.236 e. The van der Waals surface area contributed by atoms with Crippen molar-refractivity contribution in [1.82, 2.24) is 25.4 Å². The number of aromatic nitrogens is 3. The second-order valence-electron chi connectivity index (χ2n) is 6.80. The fraction of sp³-hybridized carbons (Fsp3) is 0.526. The molecule has 0 saturated heterocycles. The van der Waals surface area contributed by atoms with Crippen LogP contribution in [-0.2, 0) is 24.3 Å². The third-order valence-electron chi connectivity index (χ3n) is 4.85. The summed E-state index contributed by atoms with van der Waals surface area (Å²) in [5.74, 6) is 2.30. The predicted molar refractivity (Wildman–Crippen MR) is 97.1 cm³/mol. The number of nitrogens with one attached hydrogen (secondary N) is 2. The fourth-order valence-corrected chi connectivity index (χ4v) is 3.14. The van der Waals surface area contributed by atoms with Crippen molar-refractivity contribution in [2.24, 2.45) is 0 Å². The lowest BCUT2D eigenvalue weighted by Crippen LogP contribution is -2.43. The standard InChI is InChI=1S/C19H27N5O/c1-14(16-8-4-3-5-9-16)12-21-19(25)15(2)20-13-18-23-22-17-10-6-7-11-24(17)18/h3-5,8-9,14-15,20H,6-7,10-13H2,1-2H3,(H,21,25). The molecule has 2 heterocycles. The molecule has 0 fully saturated rings. The average molecular weight is 341 g/mol. The van der Waals surface area contributed by atoms with E-state index in [0.29, 0.717) is 19.0 Å². The molecule has 0 radical (unpaired) electrons. The number of amides is 1. The molecule has 1 aliphatic rings. The second-order valence-corrected chi connectivity index (χ2v) is 6.80. The van der Waals surface area contributed by atoms with Crippen LogP contribution < -0.4 is 10.6 Å². The van der Waals surface area contributed by atoms with E-state index in [2.05, 4.69) is 44.5 Å². The van der Waals surface area contributed by atoms with Gasteiger partial charge in [0, 0.05) is 19.5 Å². The van der Waals surface area contributed by atoms with Gasteiger partial charge in [-0.3, -0.25) is 10.1 Å². The molecule has 0 saturated carbocycles. The van der Waals surface area contributed by atoms with Gasteiger partial charge in [-0.2, -0.15) is 0 Å². The molecule has 1 amide bonds. The van der Waals surface area contributed by atoms with Gasteiger partial charge in [-0.05, 0) is 31.2 Å². The van der Waals surface area contributed by atoms with Crippen molar-refractivity contribution in [2.75, 3.05) is 6.54 Å².